The molecule has 10 heteroatoms. The molecule has 2 aromatic heterocycles. The molecule has 1 fully saturated rings. The van der Waals surface area contributed by atoms with Gasteiger partial charge in [0.05, 0.1) is 23.7 Å². The van der Waals surface area contributed by atoms with E-state index in [2.05, 4.69) is 21.5 Å². The van der Waals surface area contributed by atoms with Crippen LogP contribution in [0.1, 0.15) is 34.5 Å². The first-order valence-corrected chi connectivity index (χ1v) is 11.5. The molecular weight excluding hydrogens is 438 g/mol. The SMILES string of the molecule is Cc1nc2c(C#N)cnn2c(C)c1CCC(=O)N1CSCC1C(=O)Nc1ccc(C#N)cc1. The van der Waals surface area contributed by atoms with E-state index in [-0.39, 0.29) is 18.2 Å². The molecule has 1 unspecified atom stereocenters. The summed E-state index contributed by atoms with van der Waals surface area (Å²) in [6.45, 7) is 3.76. The van der Waals surface area contributed by atoms with Crippen LogP contribution in [0.4, 0.5) is 5.69 Å². The normalized spacial score (nSPS) is 15.3. The van der Waals surface area contributed by atoms with E-state index in [1.165, 1.54) is 6.20 Å². The number of nitriles is 2. The fourth-order valence-electron chi connectivity index (χ4n) is 3.89. The van der Waals surface area contributed by atoms with Crippen LogP contribution in [0.3, 0.4) is 0 Å². The van der Waals surface area contributed by atoms with Crippen LogP contribution in [0.15, 0.2) is 30.5 Å². The lowest BCUT2D eigenvalue weighted by Crippen LogP contribution is -2.44. The van der Waals surface area contributed by atoms with Crippen molar-refractivity contribution in [1.82, 2.24) is 19.5 Å². The molecule has 2 amide bonds. The molecule has 0 spiro atoms. The van der Waals surface area contributed by atoms with Gasteiger partial charge in [0.15, 0.2) is 5.65 Å². The number of aryl methyl sites for hydroxylation is 2. The Hall–Kier alpha value is -3.89. The maximum absolute atomic E-state index is 13.0. The van der Waals surface area contributed by atoms with Gasteiger partial charge in [-0.05, 0) is 50.1 Å². The Morgan fingerprint density at radius 2 is 1.97 bits per heavy atom. The minimum Gasteiger partial charge on any atom is -0.324 e. The lowest BCUT2D eigenvalue weighted by molar-refractivity contribution is -0.136. The van der Waals surface area contributed by atoms with E-state index in [9.17, 15) is 14.9 Å². The molecule has 0 radical (unpaired) electrons. The van der Waals surface area contributed by atoms with Gasteiger partial charge in [-0.2, -0.15) is 15.6 Å². The van der Waals surface area contributed by atoms with Gasteiger partial charge in [-0.1, -0.05) is 0 Å². The molecule has 3 heterocycles. The van der Waals surface area contributed by atoms with Crippen molar-refractivity contribution in [3.05, 3.63) is 58.5 Å². The third kappa shape index (κ3) is 4.38. The smallest absolute Gasteiger partial charge is 0.248 e. The van der Waals surface area contributed by atoms with Crippen LogP contribution in [0, 0.1) is 36.5 Å². The Morgan fingerprint density at radius 1 is 1.21 bits per heavy atom. The zero-order chi connectivity index (χ0) is 23.5. The predicted molar refractivity (Wildman–Crippen MR) is 123 cm³/mol. The van der Waals surface area contributed by atoms with Crippen molar-refractivity contribution in [2.24, 2.45) is 0 Å². The highest BCUT2D eigenvalue weighted by Gasteiger charge is 2.34. The fourth-order valence-corrected chi connectivity index (χ4v) is 5.07. The molecule has 3 aromatic rings. The molecule has 33 heavy (non-hydrogen) atoms. The van der Waals surface area contributed by atoms with Crippen molar-refractivity contribution in [3.8, 4) is 12.1 Å². The zero-order valence-corrected chi connectivity index (χ0v) is 19.0. The van der Waals surface area contributed by atoms with E-state index in [4.69, 9.17) is 5.26 Å². The van der Waals surface area contributed by atoms with E-state index in [1.54, 1.807) is 45.4 Å². The number of carbonyl (C=O) groups is 2. The first kappa shape index (κ1) is 22.3. The summed E-state index contributed by atoms with van der Waals surface area (Å²) in [7, 11) is 0. The maximum atomic E-state index is 13.0. The highest BCUT2D eigenvalue weighted by Crippen LogP contribution is 2.25. The van der Waals surface area contributed by atoms with E-state index < -0.39 is 6.04 Å². The van der Waals surface area contributed by atoms with E-state index >= 15 is 0 Å². The third-order valence-corrected chi connectivity index (χ3v) is 6.72. The number of nitrogens with one attached hydrogen (secondary N) is 1. The number of fused-ring (bicyclic) bond motifs is 1. The van der Waals surface area contributed by atoms with Crippen LogP contribution in [0.25, 0.3) is 5.65 Å². The molecule has 0 bridgehead atoms. The van der Waals surface area contributed by atoms with Gasteiger partial charge in [0.2, 0.25) is 11.8 Å². The van der Waals surface area contributed by atoms with Gasteiger partial charge in [-0.15, -0.1) is 11.8 Å². The quantitative estimate of drug-likeness (QED) is 0.621. The third-order valence-electron chi connectivity index (χ3n) is 5.70. The second kappa shape index (κ2) is 9.31. The highest BCUT2D eigenvalue weighted by molar-refractivity contribution is 7.99. The molecule has 4 rings (SSSR count). The summed E-state index contributed by atoms with van der Waals surface area (Å²) in [5.41, 5.74) is 4.54. The number of hydrogen-bond acceptors (Lipinski definition) is 7. The van der Waals surface area contributed by atoms with Crippen LogP contribution in [-0.4, -0.2) is 49.0 Å². The number of carbonyl (C=O) groups excluding carboxylic acids is 2. The molecule has 1 aliphatic rings. The second-order valence-electron chi connectivity index (χ2n) is 7.72. The minimum atomic E-state index is -0.551. The van der Waals surface area contributed by atoms with E-state index in [0.29, 0.717) is 40.5 Å². The molecule has 1 atom stereocenters. The van der Waals surface area contributed by atoms with Crippen molar-refractivity contribution < 1.29 is 9.59 Å². The average Bonchev–Trinajstić information content (AvgIpc) is 3.46. The molecular formula is C23H21N7O2S. The molecule has 1 aliphatic heterocycles. The van der Waals surface area contributed by atoms with Crippen LogP contribution in [-0.2, 0) is 16.0 Å². The van der Waals surface area contributed by atoms with Gasteiger partial charge in [-0.3, -0.25) is 9.59 Å². The highest BCUT2D eigenvalue weighted by atomic mass is 32.2. The molecule has 1 aromatic carbocycles. The number of rotatable bonds is 5. The molecule has 1 N–H and O–H groups in total. The minimum absolute atomic E-state index is 0.0999. The Labute approximate surface area is 195 Å². The van der Waals surface area contributed by atoms with Gasteiger partial charge < -0.3 is 10.2 Å². The molecule has 166 valence electrons. The molecule has 9 nitrogen and oxygen atoms in total. The summed E-state index contributed by atoms with van der Waals surface area (Å²) in [6, 6.07) is 10.2. The van der Waals surface area contributed by atoms with Crippen molar-refractivity contribution in [2.75, 3.05) is 16.9 Å². The molecule has 1 saturated heterocycles. The summed E-state index contributed by atoms with van der Waals surface area (Å²) < 4.78 is 1.63. The van der Waals surface area contributed by atoms with Gasteiger partial charge in [0, 0.05) is 29.2 Å². The topological polar surface area (TPSA) is 127 Å². The summed E-state index contributed by atoms with van der Waals surface area (Å²) in [5.74, 6) is 0.652. The van der Waals surface area contributed by atoms with E-state index in [1.807, 2.05) is 19.9 Å². The van der Waals surface area contributed by atoms with Crippen LogP contribution in [0.2, 0.25) is 0 Å². The van der Waals surface area contributed by atoms with E-state index in [0.717, 1.165) is 17.0 Å². The zero-order valence-electron chi connectivity index (χ0n) is 18.2. The van der Waals surface area contributed by atoms with Gasteiger partial charge >= 0.3 is 0 Å². The average molecular weight is 460 g/mol. The number of nitrogens with zero attached hydrogens (tertiary/aromatic N) is 6. The number of aromatic nitrogens is 3. The number of benzene rings is 1. The lowest BCUT2D eigenvalue weighted by atomic mass is 10.1. The maximum Gasteiger partial charge on any atom is 0.248 e. The summed E-state index contributed by atoms with van der Waals surface area (Å²) in [4.78, 5) is 32.0. The standard InChI is InChI=1S/C23H21N7O2S/c1-14-19(15(2)30-22(27-14)17(10-25)11-26-30)7-8-21(31)29-13-33-12-20(29)23(32)28-18-5-3-16(9-24)4-6-18/h3-6,11,20H,7-8,12-13H2,1-2H3,(H,28,32). The molecule has 0 aliphatic carbocycles. The predicted octanol–water partition coefficient (Wildman–Crippen LogP) is 2.56. The Kier molecular flexibility index (Phi) is 6.29. The van der Waals surface area contributed by atoms with Crippen LogP contribution in [0.5, 0.6) is 0 Å². The summed E-state index contributed by atoms with van der Waals surface area (Å²) in [6.07, 6.45) is 2.19. The Bertz CT molecular complexity index is 1320. The van der Waals surface area contributed by atoms with Crippen molar-refractivity contribution >= 4 is 34.9 Å². The number of amides is 2. The largest absolute Gasteiger partial charge is 0.324 e. The first-order valence-electron chi connectivity index (χ1n) is 10.3. The fraction of sp³-hybridized carbons (Fsp3) is 0.304. The molecule has 0 saturated carbocycles. The van der Waals surface area contributed by atoms with Gasteiger partial charge in [0.25, 0.3) is 0 Å². The van der Waals surface area contributed by atoms with Crippen LogP contribution < -0.4 is 5.32 Å². The van der Waals surface area contributed by atoms with Crippen LogP contribution >= 0.6 is 11.8 Å². The van der Waals surface area contributed by atoms with Crippen molar-refractivity contribution in [3.63, 3.8) is 0 Å². The first-order chi connectivity index (χ1) is 15.9. The lowest BCUT2D eigenvalue weighted by Gasteiger charge is -2.23. The van der Waals surface area contributed by atoms with Gasteiger partial charge in [-0.25, -0.2) is 9.50 Å². The monoisotopic (exact) mass is 459 g/mol. The number of anilines is 1. The Balaban J connectivity index is 1.44. The second-order valence-corrected chi connectivity index (χ2v) is 8.72. The number of hydrogen-bond donors (Lipinski definition) is 1. The summed E-state index contributed by atoms with van der Waals surface area (Å²) >= 11 is 1.54. The number of thioether (sulfide) groups is 1. The van der Waals surface area contributed by atoms with Crippen molar-refractivity contribution in [1.29, 1.82) is 10.5 Å². The summed E-state index contributed by atoms with van der Waals surface area (Å²) in [5, 5.41) is 25.2. The van der Waals surface area contributed by atoms with Gasteiger partial charge in [0.1, 0.15) is 17.7 Å². The Morgan fingerprint density at radius 3 is 2.67 bits per heavy atom. The van der Waals surface area contributed by atoms with Crippen molar-refractivity contribution in [2.45, 2.75) is 32.7 Å².